The molecule has 1 aromatic carbocycles. The predicted molar refractivity (Wildman–Crippen MR) is 67.8 cm³/mol. The molecule has 1 aliphatic heterocycles. The van der Waals surface area contributed by atoms with Crippen molar-refractivity contribution in [2.75, 3.05) is 13.7 Å². The Balaban J connectivity index is 2.34. The number of halogens is 1. The number of benzene rings is 1. The molecule has 0 unspecified atom stereocenters. The first-order valence-corrected chi connectivity index (χ1v) is 5.89. The van der Waals surface area contributed by atoms with Crippen molar-refractivity contribution < 1.29 is 9.53 Å². The van der Waals surface area contributed by atoms with Crippen LogP contribution in [0.25, 0.3) is 5.57 Å². The molecule has 2 rings (SSSR count). The van der Waals surface area contributed by atoms with E-state index in [0.717, 1.165) is 36.1 Å². The van der Waals surface area contributed by atoms with Crippen molar-refractivity contribution in [3.63, 3.8) is 0 Å². The zero-order valence-electron chi connectivity index (χ0n) is 9.65. The zero-order chi connectivity index (χ0) is 12.3. The Morgan fingerprint density at radius 2 is 2.06 bits per heavy atom. The molecular weight excluding hydrogens is 238 g/mol. The molecular formula is C13H14ClNO2. The van der Waals surface area contributed by atoms with E-state index in [2.05, 4.69) is 0 Å². The molecule has 0 aliphatic carbocycles. The molecule has 0 saturated carbocycles. The number of nitrogens with zero attached hydrogens (tertiary/aromatic N) is 1. The van der Waals surface area contributed by atoms with Crippen molar-refractivity contribution in [2.45, 2.75) is 12.8 Å². The van der Waals surface area contributed by atoms with Crippen LogP contribution in [0.15, 0.2) is 29.4 Å². The van der Waals surface area contributed by atoms with Crippen LogP contribution in [-0.2, 0) is 4.79 Å². The van der Waals surface area contributed by atoms with Crippen molar-refractivity contribution in [2.24, 2.45) is 0 Å². The van der Waals surface area contributed by atoms with Gasteiger partial charge in [0.2, 0.25) is 6.41 Å². The number of allylic oxidation sites excluding steroid dienone is 1. The van der Waals surface area contributed by atoms with E-state index in [9.17, 15) is 4.79 Å². The maximum absolute atomic E-state index is 10.8. The number of hydrogen-bond donors (Lipinski definition) is 0. The molecule has 0 bridgehead atoms. The van der Waals surface area contributed by atoms with Crippen molar-refractivity contribution in [1.29, 1.82) is 0 Å². The molecule has 1 aliphatic rings. The summed E-state index contributed by atoms with van der Waals surface area (Å²) < 4.78 is 5.11. The van der Waals surface area contributed by atoms with Crippen molar-refractivity contribution in [3.8, 4) is 5.75 Å². The van der Waals surface area contributed by atoms with Gasteiger partial charge in [-0.15, -0.1) is 0 Å². The number of ether oxygens (including phenoxy) is 1. The topological polar surface area (TPSA) is 29.5 Å². The number of carbonyl (C=O) groups is 1. The molecule has 0 saturated heterocycles. The van der Waals surface area contributed by atoms with Gasteiger partial charge in [0.15, 0.2) is 0 Å². The molecule has 0 atom stereocenters. The van der Waals surface area contributed by atoms with E-state index in [0.29, 0.717) is 11.7 Å². The summed E-state index contributed by atoms with van der Waals surface area (Å²) in [6.45, 7) is 0.696. The standard InChI is InChI=1S/C13H14ClNO2/c1-17-11-6-4-10(5-7-11)12-3-2-8-15(9-16)13(12)14/h4-7,9H,2-3,8H2,1H3. The van der Waals surface area contributed by atoms with E-state index in [-0.39, 0.29) is 0 Å². The van der Waals surface area contributed by atoms with Crippen LogP contribution in [-0.4, -0.2) is 25.0 Å². The van der Waals surface area contributed by atoms with Crippen LogP contribution in [0.2, 0.25) is 0 Å². The lowest BCUT2D eigenvalue weighted by atomic mass is 9.99. The second-order valence-corrected chi connectivity index (χ2v) is 4.26. The van der Waals surface area contributed by atoms with E-state index in [1.807, 2.05) is 24.3 Å². The third-order valence-electron chi connectivity index (χ3n) is 2.89. The highest BCUT2D eigenvalue weighted by Gasteiger charge is 2.18. The van der Waals surface area contributed by atoms with Gasteiger partial charge in [0.25, 0.3) is 0 Å². The van der Waals surface area contributed by atoms with Crippen LogP contribution in [0.3, 0.4) is 0 Å². The van der Waals surface area contributed by atoms with Gasteiger partial charge < -0.3 is 9.64 Å². The number of rotatable bonds is 3. The third-order valence-corrected chi connectivity index (χ3v) is 3.34. The summed E-state index contributed by atoms with van der Waals surface area (Å²) in [5.41, 5.74) is 2.06. The third kappa shape index (κ3) is 2.44. The summed E-state index contributed by atoms with van der Waals surface area (Å²) in [5, 5.41) is 0.538. The van der Waals surface area contributed by atoms with Crippen LogP contribution in [0.1, 0.15) is 18.4 Å². The van der Waals surface area contributed by atoms with Gasteiger partial charge in [-0.05, 0) is 36.1 Å². The fraction of sp³-hybridized carbons (Fsp3) is 0.308. The Morgan fingerprint density at radius 3 is 2.65 bits per heavy atom. The minimum absolute atomic E-state index is 0.538. The summed E-state index contributed by atoms with van der Waals surface area (Å²) in [6.07, 6.45) is 2.62. The van der Waals surface area contributed by atoms with Crippen LogP contribution < -0.4 is 4.74 Å². The number of carbonyl (C=O) groups excluding carboxylic acids is 1. The Kier molecular flexibility index (Phi) is 3.69. The first kappa shape index (κ1) is 12.0. The van der Waals surface area contributed by atoms with Gasteiger partial charge in [-0.3, -0.25) is 4.79 Å². The zero-order valence-corrected chi connectivity index (χ0v) is 10.4. The minimum Gasteiger partial charge on any atom is -0.497 e. The normalized spacial score (nSPS) is 16.0. The molecule has 0 spiro atoms. The largest absolute Gasteiger partial charge is 0.497 e. The Morgan fingerprint density at radius 1 is 1.35 bits per heavy atom. The van der Waals surface area contributed by atoms with Gasteiger partial charge in [0, 0.05) is 6.54 Å². The fourth-order valence-electron chi connectivity index (χ4n) is 1.96. The molecule has 17 heavy (non-hydrogen) atoms. The average molecular weight is 252 g/mol. The van der Waals surface area contributed by atoms with Crippen LogP contribution >= 0.6 is 11.6 Å². The minimum atomic E-state index is 0.538. The van der Waals surface area contributed by atoms with Gasteiger partial charge in [-0.1, -0.05) is 23.7 Å². The van der Waals surface area contributed by atoms with Crippen molar-refractivity contribution >= 4 is 23.6 Å². The number of hydrogen-bond acceptors (Lipinski definition) is 2. The SMILES string of the molecule is COc1ccc(C2=C(Cl)N(C=O)CCC2)cc1. The summed E-state index contributed by atoms with van der Waals surface area (Å²) >= 11 is 6.20. The molecule has 4 heteroatoms. The van der Waals surface area contributed by atoms with E-state index in [4.69, 9.17) is 16.3 Å². The van der Waals surface area contributed by atoms with Crippen LogP contribution in [0, 0.1) is 0 Å². The Labute approximate surface area is 106 Å². The van der Waals surface area contributed by atoms with Crippen LogP contribution in [0.5, 0.6) is 5.75 Å². The lowest BCUT2D eigenvalue weighted by molar-refractivity contribution is -0.116. The van der Waals surface area contributed by atoms with E-state index < -0.39 is 0 Å². The molecule has 0 aromatic heterocycles. The molecule has 1 heterocycles. The highest BCUT2D eigenvalue weighted by Crippen LogP contribution is 2.32. The summed E-state index contributed by atoms with van der Waals surface area (Å²) in [4.78, 5) is 12.4. The molecule has 3 nitrogen and oxygen atoms in total. The maximum atomic E-state index is 10.8. The summed E-state index contributed by atoms with van der Waals surface area (Å²) in [7, 11) is 1.63. The Bertz CT molecular complexity index is 439. The van der Waals surface area contributed by atoms with E-state index in [1.165, 1.54) is 0 Å². The summed E-state index contributed by atoms with van der Waals surface area (Å²) in [6, 6.07) is 7.72. The highest BCUT2D eigenvalue weighted by molar-refractivity contribution is 6.33. The monoisotopic (exact) mass is 251 g/mol. The van der Waals surface area contributed by atoms with Gasteiger partial charge in [-0.2, -0.15) is 0 Å². The second kappa shape index (κ2) is 5.23. The second-order valence-electron chi connectivity index (χ2n) is 3.90. The molecule has 0 N–H and O–H groups in total. The van der Waals surface area contributed by atoms with Crippen molar-refractivity contribution in [1.82, 2.24) is 4.90 Å². The first-order chi connectivity index (χ1) is 8.26. The van der Waals surface area contributed by atoms with Crippen molar-refractivity contribution in [3.05, 3.63) is 35.0 Å². The molecule has 1 amide bonds. The Hall–Kier alpha value is -1.48. The average Bonchev–Trinajstić information content (AvgIpc) is 2.39. The molecule has 90 valence electrons. The number of amides is 1. The first-order valence-electron chi connectivity index (χ1n) is 5.51. The molecule has 0 fully saturated rings. The maximum Gasteiger partial charge on any atom is 0.214 e. The highest BCUT2D eigenvalue weighted by atomic mass is 35.5. The number of methoxy groups -OCH3 is 1. The smallest absolute Gasteiger partial charge is 0.214 e. The quantitative estimate of drug-likeness (QED) is 0.611. The van der Waals surface area contributed by atoms with Gasteiger partial charge in [-0.25, -0.2) is 0 Å². The van der Waals surface area contributed by atoms with E-state index >= 15 is 0 Å². The lowest BCUT2D eigenvalue weighted by Crippen LogP contribution is -2.24. The molecule has 1 aromatic rings. The molecule has 0 radical (unpaired) electrons. The van der Waals surface area contributed by atoms with E-state index in [1.54, 1.807) is 12.0 Å². The fourth-order valence-corrected chi connectivity index (χ4v) is 2.28. The van der Waals surface area contributed by atoms with Gasteiger partial charge in [0.1, 0.15) is 10.9 Å². The van der Waals surface area contributed by atoms with Gasteiger partial charge in [0.05, 0.1) is 7.11 Å². The lowest BCUT2D eigenvalue weighted by Gasteiger charge is -2.25. The van der Waals surface area contributed by atoms with Gasteiger partial charge >= 0.3 is 0 Å². The summed E-state index contributed by atoms with van der Waals surface area (Å²) in [5.74, 6) is 0.813. The predicted octanol–water partition coefficient (Wildman–Crippen LogP) is 2.85. The van der Waals surface area contributed by atoms with Crippen LogP contribution in [0.4, 0.5) is 0 Å².